The maximum atomic E-state index is 5.49. The Balaban J connectivity index is 1.73. The van der Waals surface area contributed by atoms with Crippen LogP contribution in [0.25, 0.3) is 22.0 Å². The standard InChI is InChI=1S/C17H17N5O/c1-17(2,3)14-11-7-6-10(9-13(11)23-22-14)19-16-12-5-4-8-18-15(12)20-21-16/h4-9H,1-3H3,(H2,18,19,20,21). The third-order valence-corrected chi connectivity index (χ3v) is 3.78. The van der Waals surface area contributed by atoms with Crippen LogP contribution in [0.3, 0.4) is 0 Å². The van der Waals surface area contributed by atoms with Crippen molar-refractivity contribution >= 4 is 33.5 Å². The van der Waals surface area contributed by atoms with Gasteiger partial charge in [-0.1, -0.05) is 25.9 Å². The maximum absolute atomic E-state index is 5.49. The summed E-state index contributed by atoms with van der Waals surface area (Å²) in [6, 6.07) is 9.83. The van der Waals surface area contributed by atoms with Crippen molar-refractivity contribution in [2.24, 2.45) is 0 Å². The molecule has 1 aromatic carbocycles. The molecule has 6 heteroatoms. The van der Waals surface area contributed by atoms with Gasteiger partial charge in [0.25, 0.3) is 0 Å². The number of nitrogens with zero attached hydrogens (tertiary/aromatic N) is 3. The predicted octanol–water partition coefficient (Wildman–Crippen LogP) is 4.14. The summed E-state index contributed by atoms with van der Waals surface area (Å²) < 4.78 is 5.49. The molecule has 0 amide bonds. The highest BCUT2D eigenvalue weighted by atomic mass is 16.5. The number of rotatable bonds is 2. The third-order valence-electron chi connectivity index (χ3n) is 3.78. The highest BCUT2D eigenvalue weighted by Gasteiger charge is 2.22. The fourth-order valence-electron chi connectivity index (χ4n) is 2.64. The largest absolute Gasteiger partial charge is 0.356 e. The Kier molecular flexibility index (Phi) is 2.87. The van der Waals surface area contributed by atoms with Crippen LogP contribution >= 0.6 is 0 Å². The van der Waals surface area contributed by atoms with Crippen molar-refractivity contribution in [3.8, 4) is 0 Å². The summed E-state index contributed by atoms with van der Waals surface area (Å²) in [5.74, 6) is 0.739. The molecule has 0 aliphatic carbocycles. The molecule has 6 nitrogen and oxygen atoms in total. The second kappa shape index (κ2) is 4.81. The lowest BCUT2D eigenvalue weighted by molar-refractivity contribution is 0.420. The maximum Gasteiger partial charge on any atom is 0.169 e. The van der Waals surface area contributed by atoms with Gasteiger partial charge >= 0.3 is 0 Å². The molecular weight excluding hydrogens is 290 g/mol. The van der Waals surface area contributed by atoms with E-state index in [2.05, 4.69) is 46.4 Å². The number of aromatic nitrogens is 4. The predicted molar refractivity (Wildman–Crippen MR) is 89.9 cm³/mol. The Morgan fingerprint density at radius 1 is 1.13 bits per heavy atom. The molecule has 0 fully saturated rings. The minimum atomic E-state index is -0.0513. The minimum Gasteiger partial charge on any atom is -0.356 e. The first kappa shape index (κ1) is 13.8. The number of anilines is 2. The molecule has 23 heavy (non-hydrogen) atoms. The van der Waals surface area contributed by atoms with Gasteiger partial charge in [0, 0.05) is 28.8 Å². The fourth-order valence-corrected chi connectivity index (χ4v) is 2.64. The van der Waals surface area contributed by atoms with Crippen LogP contribution in [0.5, 0.6) is 0 Å². The van der Waals surface area contributed by atoms with Crippen molar-refractivity contribution in [3.63, 3.8) is 0 Å². The summed E-state index contributed by atoms with van der Waals surface area (Å²) in [6.07, 6.45) is 1.74. The zero-order valence-corrected chi connectivity index (χ0v) is 13.2. The normalized spacial score (nSPS) is 12.1. The summed E-state index contributed by atoms with van der Waals surface area (Å²) in [5.41, 5.74) is 3.33. The summed E-state index contributed by atoms with van der Waals surface area (Å²) in [6.45, 7) is 6.37. The molecule has 0 saturated heterocycles. The van der Waals surface area contributed by atoms with Crippen LogP contribution in [0.2, 0.25) is 0 Å². The molecule has 0 aliphatic heterocycles. The number of H-pyrrole nitrogens is 1. The molecule has 0 aliphatic rings. The Hall–Kier alpha value is -2.89. The number of hydrogen-bond acceptors (Lipinski definition) is 5. The zero-order chi connectivity index (χ0) is 16.0. The van der Waals surface area contributed by atoms with Crippen LogP contribution in [0.15, 0.2) is 41.1 Å². The molecule has 116 valence electrons. The molecular formula is C17H17N5O. The van der Waals surface area contributed by atoms with Crippen LogP contribution in [0.4, 0.5) is 11.5 Å². The Labute approximate surface area is 132 Å². The minimum absolute atomic E-state index is 0.0513. The fraction of sp³-hybridized carbons (Fsp3) is 0.235. The number of nitrogens with one attached hydrogen (secondary N) is 2. The van der Waals surface area contributed by atoms with Crippen LogP contribution in [-0.4, -0.2) is 20.3 Å². The number of aromatic amines is 1. The molecule has 0 atom stereocenters. The Bertz CT molecular complexity index is 993. The smallest absolute Gasteiger partial charge is 0.169 e. The van der Waals surface area contributed by atoms with Gasteiger partial charge in [0.2, 0.25) is 0 Å². The van der Waals surface area contributed by atoms with E-state index in [1.54, 1.807) is 6.20 Å². The zero-order valence-electron chi connectivity index (χ0n) is 13.2. The number of pyridine rings is 1. The van der Waals surface area contributed by atoms with Gasteiger partial charge < -0.3 is 9.84 Å². The third kappa shape index (κ3) is 2.32. The Morgan fingerprint density at radius 3 is 2.83 bits per heavy atom. The lowest BCUT2D eigenvalue weighted by Gasteiger charge is -2.14. The number of hydrogen-bond donors (Lipinski definition) is 2. The van der Waals surface area contributed by atoms with E-state index in [9.17, 15) is 0 Å². The second-order valence-corrected chi connectivity index (χ2v) is 6.59. The lowest BCUT2D eigenvalue weighted by atomic mass is 9.90. The van der Waals surface area contributed by atoms with E-state index in [1.165, 1.54) is 0 Å². The molecule has 4 aromatic rings. The van der Waals surface area contributed by atoms with E-state index in [4.69, 9.17) is 4.52 Å². The second-order valence-electron chi connectivity index (χ2n) is 6.59. The van der Waals surface area contributed by atoms with Crippen LogP contribution in [-0.2, 0) is 5.41 Å². The van der Waals surface area contributed by atoms with E-state index in [0.717, 1.165) is 39.2 Å². The van der Waals surface area contributed by atoms with E-state index < -0.39 is 0 Å². The van der Waals surface area contributed by atoms with Crippen molar-refractivity contribution in [2.45, 2.75) is 26.2 Å². The molecule has 3 heterocycles. The van der Waals surface area contributed by atoms with E-state index >= 15 is 0 Å². The van der Waals surface area contributed by atoms with E-state index in [0.29, 0.717) is 0 Å². The van der Waals surface area contributed by atoms with E-state index in [-0.39, 0.29) is 5.41 Å². The summed E-state index contributed by atoms with van der Waals surface area (Å²) in [7, 11) is 0. The quantitative estimate of drug-likeness (QED) is 0.582. The van der Waals surface area contributed by atoms with Gasteiger partial charge in [-0.2, -0.15) is 5.10 Å². The summed E-state index contributed by atoms with van der Waals surface area (Å²) >= 11 is 0. The van der Waals surface area contributed by atoms with Crippen molar-refractivity contribution in [1.29, 1.82) is 0 Å². The monoisotopic (exact) mass is 307 g/mol. The Morgan fingerprint density at radius 2 is 2.00 bits per heavy atom. The van der Waals surface area contributed by atoms with Crippen LogP contribution in [0, 0.1) is 0 Å². The molecule has 0 saturated carbocycles. The molecule has 0 radical (unpaired) electrons. The van der Waals surface area contributed by atoms with Crippen molar-refractivity contribution in [3.05, 3.63) is 42.2 Å². The van der Waals surface area contributed by atoms with Gasteiger partial charge in [-0.15, -0.1) is 0 Å². The molecule has 0 bridgehead atoms. The van der Waals surface area contributed by atoms with Gasteiger partial charge in [-0.25, -0.2) is 4.98 Å². The lowest BCUT2D eigenvalue weighted by Crippen LogP contribution is -2.11. The van der Waals surface area contributed by atoms with Crippen LogP contribution < -0.4 is 5.32 Å². The first-order valence-electron chi connectivity index (χ1n) is 7.48. The van der Waals surface area contributed by atoms with Crippen molar-refractivity contribution < 1.29 is 4.52 Å². The van der Waals surface area contributed by atoms with E-state index in [1.807, 2.05) is 30.3 Å². The first-order valence-corrected chi connectivity index (χ1v) is 7.48. The highest BCUT2D eigenvalue weighted by Crippen LogP contribution is 2.31. The van der Waals surface area contributed by atoms with Gasteiger partial charge in [-0.05, 0) is 24.3 Å². The van der Waals surface area contributed by atoms with Gasteiger partial charge in [0.05, 0.1) is 11.1 Å². The average Bonchev–Trinajstić information content (AvgIpc) is 3.11. The first-order chi connectivity index (χ1) is 11.0. The molecule has 4 rings (SSSR count). The van der Waals surface area contributed by atoms with Gasteiger partial charge in [0.1, 0.15) is 0 Å². The number of benzene rings is 1. The summed E-state index contributed by atoms with van der Waals surface area (Å²) in [4.78, 5) is 4.24. The van der Waals surface area contributed by atoms with Gasteiger partial charge in [0.15, 0.2) is 17.0 Å². The molecule has 0 spiro atoms. The average molecular weight is 307 g/mol. The highest BCUT2D eigenvalue weighted by molar-refractivity contribution is 5.90. The van der Waals surface area contributed by atoms with Gasteiger partial charge in [-0.3, -0.25) is 5.10 Å². The van der Waals surface area contributed by atoms with Crippen molar-refractivity contribution in [1.82, 2.24) is 20.3 Å². The molecule has 0 unspecified atom stereocenters. The SMILES string of the molecule is CC(C)(C)c1noc2cc(Nc3n[nH]c4ncccc34)ccc12. The number of fused-ring (bicyclic) bond motifs is 2. The van der Waals surface area contributed by atoms with Crippen LogP contribution in [0.1, 0.15) is 26.5 Å². The summed E-state index contributed by atoms with van der Waals surface area (Å²) in [5, 5.41) is 16.7. The van der Waals surface area contributed by atoms with Crippen molar-refractivity contribution in [2.75, 3.05) is 5.32 Å². The molecule has 2 N–H and O–H groups in total. The molecule has 3 aromatic heterocycles. The topological polar surface area (TPSA) is 79.6 Å².